The summed E-state index contributed by atoms with van der Waals surface area (Å²) in [5.74, 6) is 0. The van der Waals surface area contributed by atoms with Gasteiger partial charge in [-0.2, -0.15) is 0 Å². The lowest BCUT2D eigenvalue weighted by molar-refractivity contribution is -0.00000516. The Morgan fingerprint density at radius 3 is 1.43 bits per heavy atom. The van der Waals surface area contributed by atoms with E-state index in [0.29, 0.717) is 0 Å². The zero-order chi connectivity index (χ0) is 18.8. The molecule has 0 aliphatic carbocycles. The maximum Gasteiger partial charge on any atom is 0.112 e. The second kappa shape index (κ2) is 12.6. The smallest absolute Gasteiger partial charge is 0.112 e. The number of halogens is 2. The standard InChI is InChI=1S/C25H27IP.BrH/c26-21-13-2-1-3-14-22-27(23-15-7-4-8-16-23,24-17-9-5-10-18-24)25-19-11-6-12-20-25;/h4-13,15-21H,1-3,14,22H2;1H/q+1;/p-1/b21-13+;. The van der Waals surface area contributed by atoms with Crippen LogP contribution in [0.15, 0.2) is 101 Å². The van der Waals surface area contributed by atoms with Crippen LogP contribution in [0.25, 0.3) is 0 Å². The van der Waals surface area contributed by atoms with Crippen LogP contribution in [0.1, 0.15) is 25.7 Å². The Balaban J connectivity index is 0.00000280. The summed E-state index contributed by atoms with van der Waals surface area (Å²) >= 11 is 2.31. The van der Waals surface area contributed by atoms with Crippen LogP contribution in [0, 0.1) is 0 Å². The Bertz CT molecular complexity index is 722. The highest BCUT2D eigenvalue weighted by molar-refractivity contribution is 14.1. The first-order chi connectivity index (χ1) is 13.4. The van der Waals surface area contributed by atoms with Gasteiger partial charge in [0.1, 0.15) is 23.2 Å². The largest absolute Gasteiger partial charge is 1.00 e. The molecule has 28 heavy (non-hydrogen) atoms. The van der Waals surface area contributed by atoms with Gasteiger partial charge in [0.25, 0.3) is 0 Å². The normalized spacial score (nSPS) is 11.3. The summed E-state index contributed by atoms with van der Waals surface area (Å²) in [6.45, 7) is 0. The molecule has 0 unspecified atom stereocenters. The van der Waals surface area contributed by atoms with Crippen LogP contribution in [0.3, 0.4) is 0 Å². The van der Waals surface area contributed by atoms with E-state index in [2.05, 4.69) is 124 Å². The Hall–Kier alpha value is -0.960. The van der Waals surface area contributed by atoms with Gasteiger partial charge in [-0.15, -0.1) is 0 Å². The van der Waals surface area contributed by atoms with Crippen molar-refractivity contribution in [2.45, 2.75) is 25.7 Å². The third-order valence-corrected chi connectivity index (χ3v) is 10.1. The second-order valence-electron chi connectivity index (χ2n) is 6.75. The lowest BCUT2D eigenvalue weighted by atomic mass is 10.2. The molecule has 0 bridgehead atoms. The van der Waals surface area contributed by atoms with Crippen LogP contribution in [0.2, 0.25) is 0 Å². The number of unbranched alkanes of at least 4 members (excludes halogenated alkanes) is 3. The van der Waals surface area contributed by atoms with Crippen molar-refractivity contribution < 1.29 is 17.0 Å². The third kappa shape index (κ3) is 5.78. The molecule has 146 valence electrons. The predicted molar refractivity (Wildman–Crippen MR) is 132 cm³/mol. The van der Waals surface area contributed by atoms with Crippen LogP contribution < -0.4 is 32.9 Å². The number of benzene rings is 3. The van der Waals surface area contributed by atoms with E-state index in [0.717, 1.165) is 0 Å². The van der Waals surface area contributed by atoms with Gasteiger partial charge in [-0.3, -0.25) is 0 Å². The highest BCUT2D eigenvalue weighted by atomic mass is 127. The van der Waals surface area contributed by atoms with E-state index >= 15 is 0 Å². The lowest BCUT2D eigenvalue weighted by Crippen LogP contribution is -3.00. The number of rotatable bonds is 9. The van der Waals surface area contributed by atoms with E-state index in [1.54, 1.807) is 0 Å². The topological polar surface area (TPSA) is 0 Å². The molecule has 0 fully saturated rings. The predicted octanol–water partition coefficient (Wildman–Crippen LogP) is 3.49. The van der Waals surface area contributed by atoms with E-state index in [1.165, 1.54) is 47.8 Å². The molecule has 0 aromatic heterocycles. The molecular weight excluding hydrogens is 538 g/mol. The molecule has 0 aliphatic heterocycles. The quantitative estimate of drug-likeness (QED) is 0.212. The summed E-state index contributed by atoms with van der Waals surface area (Å²) < 4.78 is 2.13. The van der Waals surface area contributed by atoms with Crippen molar-refractivity contribution in [1.82, 2.24) is 0 Å². The van der Waals surface area contributed by atoms with Crippen LogP contribution in [-0.2, 0) is 0 Å². The molecular formula is C25H27BrIP. The summed E-state index contributed by atoms with van der Waals surface area (Å²) in [6, 6.07) is 33.6. The first kappa shape index (κ1) is 23.3. The first-order valence-corrected chi connectivity index (χ1v) is 12.9. The number of hydrogen-bond donors (Lipinski definition) is 0. The average molecular weight is 565 g/mol. The van der Waals surface area contributed by atoms with E-state index in [-0.39, 0.29) is 17.0 Å². The summed E-state index contributed by atoms with van der Waals surface area (Å²) in [7, 11) is -1.63. The fourth-order valence-electron chi connectivity index (χ4n) is 3.73. The number of hydrogen-bond acceptors (Lipinski definition) is 0. The molecule has 0 N–H and O–H groups in total. The molecule has 3 aromatic rings. The molecule has 0 radical (unpaired) electrons. The van der Waals surface area contributed by atoms with Gasteiger partial charge in [0.05, 0.1) is 6.16 Å². The van der Waals surface area contributed by atoms with Gasteiger partial charge in [0.2, 0.25) is 0 Å². The highest BCUT2D eigenvalue weighted by Crippen LogP contribution is 2.55. The van der Waals surface area contributed by atoms with Crippen molar-refractivity contribution in [2.75, 3.05) is 6.16 Å². The van der Waals surface area contributed by atoms with Crippen molar-refractivity contribution in [1.29, 1.82) is 0 Å². The Labute approximate surface area is 194 Å². The fourth-order valence-corrected chi connectivity index (χ4v) is 8.50. The zero-order valence-electron chi connectivity index (χ0n) is 16.1. The van der Waals surface area contributed by atoms with Crippen LogP contribution in [0.5, 0.6) is 0 Å². The Morgan fingerprint density at radius 2 is 1.04 bits per heavy atom. The SMILES string of the molecule is I/C=C/CCCCC[P+](c1ccccc1)(c1ccccc1)c1ccccc1.[Br-]. The van der Waals surface area contributed by atoms with Crippen LogP contribution in [-0.4, -0.2) is 6.16 Å². The van der Waals surface area contributed by atoms with Crippen LogP contribution in [0.4, 0.5) is 0 Å². The molecule has 0 spiro atoms. The Kier molecular flexibility index (Phi) is 10.5. The maximum absolute atomic E-state index is 2.34. The van der Waals surface area contributed by atoms with Gasteiger partial charge in [-0.1, -0.05) is 83.3 Å². The van der Waals surface area contributed by atoms with E-state index in [4.69, 9.17) is 0 Å². The van der Waals surface area contributed by atoms with Gasteiger partial charge in [-0.05, 0) is 66.2 Å². The third-order valence-electron chi connectivity index (χ3n) is 5.04. The van der Waals surface area contributed by atoms with Gasteiger partial charge < -0.3 is 17.0 Å². The molecule has 3 aromatic carbocycles. The van der Waals surface area contributed by atoms with Crippen molar-refractivity contribution in [3.8, 4) is 0 Å². The molecule has 0 aliphatic rings. The Morgan fingerprint density at radius 1 is 0.607 bits per heavy atom. The van der Waals surface area contributed by atoms with Crippen LogP contribution >= 0.6 is 29.9 Å². The molecule has 0 heterocycles. The summed E-state index contributed by atoms with van der Waals surface area (Å²) in [6.07, 6.45) is 8.53. The van der Waals surface area contributed by atoms with Crippen molar-refractivity contribution in [2.24, 2.45) is 0 Å². The van der Waals surface area contributed by atoms with E-state index in [1.807, 2.05) is 0 Å². The molecule has 0 amide bonds. The van der Waals surface area contributed by atoms with Gasteiger partial charge >= 0.3 is 0 Å². The molecule has 0 saturated carbocycles. The van der Waals surface area contributed by atoms with Gasteiger partial charge in [-0.25, -0.2) is 0 Å². The molecule has 3 heteroatoms. The first-order valence-electron chi connectivity index (χ1n) is 9.68. The van der Waals surface area contributed by atoms with Crippen molar-refractivity contribution in [3.63, 3.8) is 0 Å². The van der Waals surface area contributed by atoms with E-state index < -0.39 is 7.26 Å². The van der Waals surface area contributed by atoms with Gasteiger partial charge in [0.15, 0.2) is 0 Å². The molecule has 0 saturated heterocycles. The minimum atomic E-state index is -1.63. The lowest BCUT2D eigenvalue weighted by Gasteiger charge is -2.27. The highest BCUT2D eigenvalue weighted by Gasteiger charge is 2.44. The minimum absolute atomic E-state index is 0. The monoisotopic (exact) mass is 564 g/mol. The maximum atomic E-state index is 2.34. The minimum Gasteiger partial charge on any atom is -1.00 e. The fraction of sp³-hybridized carbons (Fsp3) is 0.200. The number of allylic oxidation sites excluding steroid dienone is 1. The summed E-state index contributed by atoms with van der Waals surface area (Å²) in [5, 5.41) is 4.48. The second-order valence-corrected chi connectivity index (χ2v) is 11.1. The van der Waals surface area contributed by atoms with Crippen molar-refractivity contribution >= 4 is 45.8 Å². The summed E-state index contributed by atoms with van der Waals surface area (Å²) in [5.41, 5.74) is 0. The zero-order valence-corrected chi connectivity index (χ0v) is 20.7. The van der Waals surface area contributed by atoms with Gasteiger partial charge in [0, 0.05) is 0 Å². The van der Waals surface area contributed by atoms with Crippen molar-refractivity contribution in [3.05, 3.63) is 101 Å². The van der Waals surface area contributed by atoms with E-state index in [9.17, 15) is 0 Å². The molecule has 0 atom stereocenters. The molecule has 0 nitrogen and oxygen atoms in total. The average Bonchev–Trinajstić information content (AvgIpc) is 2.75. The summed E-state index contributed by atoms with van der Waals surface area (Å²) in [4.78, 5) is 0. The molecule has 3 rings (SSSR count).